The molecule has 1 saturated carbocycles. The maximum Gasteiger partial charge on any atom is 0.0516 e. The van der Waals surface area contributed by atoms with Crippen LogP contribution < -0.4 is 0 Å². The van der Waals surface area contributed by atoms with Crippen LogP contribution in [0.2, 0.25) is 19.6 Å². The molecule has 1 aliphatic rings. The second-order valence-corrected chi connectivity index (χ2v) is 8.89. The Balaban J connectivity index is 2.43. The molecule has 0 saturated heterocycles. The summed E-state index contributed by atoms with van der Waals surface area (Å²) >= 11 is 0. The molecule has 0 spiro atoms. The maximum atomic E-state index is 2.36. The molecule has 11 heavy (non-hydrogen) atoms. The summed E-state index contributed by atoms with van der Waals surface area (Å²) in [6.07, 6.45) is 12.8. The molecule has 0 aromatic carbocycles. The Bertz CT molecular complexity index is 105. The van der Waals surface area contributed by atoms with Crippen molar-refractivity contribution in [2.24, 2.45) is 0 Å². The molecule has 59 valence electrons. The molecule has 0 atom stereocenters. The van der Waals surface area contributed by atoms with Crippen LogP contribution in [0.4, 0.5) is 0 Å². The monoisotopic (exact) mass is 163 g/mol. The molecule has 0 nitrogen and oxygen atoms in total. The first kappa shape index (κ1) is 9.31. The van der Waals surface area contributed by atoms with E-state index >= 15 is 0 Å². The van der Waals surface area contributed by atoms with Crippen LogP contribution >= 0.6 is 0 Å². The maximum absolute atomic E-state index is 2.36. The van der Waals surface area contributed by atoms with E-state index < -0.39 is 8.07 Å². The van der Waals surface area contributed by atoms with Crippen LogP contribution in [0, 0.1) is 44.1 Å². The van der Waals surface area contributed by atoms with E-state index in [0.29, 0.717) is 0 Å². The van der Waals surface area contributed by atoms with Gasteiger partial charge < -0.3 is 0 Å². The van der Waals surface area contributed by atoms with Gasteiger partial charge in [-0.1, -0.05) is 19.6 Å². The molecule has 1 fully saturated rings. The van der Waals surface area contributed by atoms with Gasteiger partial charge in [0.15, 0.2) is 0 Å². The van der Waals surface area contributed by atoms with Crippen molar-refractivity contribution in [3.63, 3.8) is 0 Å². The summed E-state index contributed by atoms with van der Waals surface area (Å²) in [5.74, 6) is 0. The molecular formula is C10H15Si. The highest BCUT2D eigenvalue weighted by Gasteiger charge is 2.27. The van der Waals surface area contributed by atoms with Gasteiger partial charge in [-0.2, -0.15) is 0 Å². The van der Waals surface area contributed by atoms with Crippen molar-refractivity contribution in [1.82, 2.24) is 0 Å². The fraction of sp³-hybridized carbons (Fsp3) is 0.300. The summed E-state index contributed by atoms with van der Waals surface area (Å²) in [5, 5.41) is 0. The predicted octanol–water partition coefficient (Wildman–Crippen LogP) is 2.68. The van der Waals surface area contributed by atoms with Gasteiger partial charge in [0.2, 0.25) is 0 Å². The Morgan fingerprint density at radius 1 is 0.818 bits per heavy atom. The van der Waals surface area contributed by atoms with Gasteiger partial charge in [0, 0.05) is 0 Å². The SMILES string of the molecule is C[Si](C)(C)[C]1[CH][CH][CH][CH][CH][CH]1. The minimum atomic E-state index is -1.09. The lowest BCUT2D eigenvalue weighted by atomic mass is 10.2. The second kappa shape index (κ2) is 3.75. The zero-order chi connectivity index (χ0) is 8.32. The molecule has 0 bridgehead atoms. The minimum Gasteiger partial charge on any atom is -0.0691 e. The first-order chi connectivity index (χ1) is 5.11. The molecule has 1 aliphatic carbocycles. The smallest absolute Gasteiger partial charge is 0.0516 e. The number of hydrogen-bond donors (Lipinski definition) is 0. The summed E-state index contributed by atoms with van der Waals surface area (Å²) in [5.41, 5.74) is 1.52. The van der Waals surface area contributed by atoms with Gasteiger partial charge in [0.1, 0.15) is 0 Å². The lowest BCUT2D eigenvalue weighted by Crippen LogP contribution is -2.31. The Morgan fingerprint density at radius 3 is 1.64 bits per heavy atom. The van der Waals surface area contributed by atoms with Crippen LogP contribution in [-0.2, 0) is 0 Å². The lowest BCUT2D eigenvalue weighted by molar-refractivity contribution is 1.30. The predicted molar refractivity (Wildman–Crippen MR) is 52.4 cm³/mol. The van der Waals surface area contributed by atoms with Gasteiger partial charge in [-0.3, -0.25) is 0 Å². The van der Waals surface area contributed by atoms with Gasteiger partial charge in [0.25, 0.3) is 0 Å². The fourth-order valence-electron chi connectivity index (χ4n) is 1.00. The molecule has 0 unspecified atom stereocenters. The van der Waals surface area contributed by atoms with Crippen LogP contribution in [-0.4, -0.2) is 8.07 Å². The van der Waals surface area contributed by atoms with Crippen LogP contribution in [0.3, 0.4) is 0 Å². The molecule has 1 rings (SSSR count). The van der Waals surface area contributed by atoms with E-state index in [1.807, 2.05) is 0 Å². The summed E-state index contributed by atoms with van der Waals surface area (Å²) in [6.45, 7) is 7.09. The second-order valence-electron chi connectivity index (χ2n) is 3.81. The molecule has 0 aromatic heterocycles. The van der Waals surface area contributed by atoms with Gasteiger partial charge in [-0.15, -0.1) is 0 Å². The topological polar surface area (TPSA) is 0 Å². The van der Waals surface area contributed by atoms with E-state index in [1.54, 1.807) is 0 Å². The summed E-state index contributed by atoms with van der Waals surface area (Å²) in [4.78, 5) is 0. The average Bonchev–Trinajstić information content (AvgIpc) is 2.10. The van der Waals surface area contributed by atoms with Crippen molar-refractivity contribution in [3.8, 4) is 0 Å². The van der Waals surface area contributed by atoms with Crippen LogP contribution in [0.5, 0.6) is 0 Å². The fourth-order valence-corrected chi connectivity index (χ4v) is 2.19. The van der Waals surface area contributed by atoms with Gasteiger partial charge >= 0.3 is 0 Å². The molecule has 0 aromatic rings. The number of hydrogen-bond acceptors (Lipinski definition) is 0. The van der Waals surface area contributed by atoms with Gasteiger partial charge in [-0.05, 0) is 44.1 Å². The van der Waals surface area contributed by atoms with Crippen LogP contribution in [0.25, 0.3) is 0 Å². The zero-order valence-corrected chi connectivity index (χ0v) is 8.46. The van der Waals surface area contributed by atoms with Crippen molar-refractivity contribution in [3.05, 3.63) is 44.1 Å². The van der Waals surface area contributed by atoms with E-state index in [1.165, 1.54) is 5.54 Å². The molecule has 0 amide bonds. The van der Waals surface area contributed by atoms with Crippen LogP contribution in [0.1, 0.15) is 0 Å². The van der Waals surface area contributed by atoms with E-state index in [0.717, 1.165) is 0 Å². The minimum absolute atomic E-state index is 1.09. The highest BCUT2D eigenvalue weighted by Crippen LogP contribution is 2.28. The Morgan fingerprint density at radius 2 is 1.27 bits per heavy atom. The molecule has 0 heterocycles. The van der Waals surface area contributed by atoms with Crippen LogP contribution in [0.15, 0.2) is 0 Å². The van der Waals surface area contributed by atoms with Gasteiger partial charge in [0.05, 0.1) is 8.07 Å². The Labute approximate surface area is 72.4 Å². The quantitative estimate of drug-likeness (QED) is 0.412. The van der Waals surface area contributed by atoms with E-state index in [2.05, 4.69) is 58.2 Å². The molecule has 0 aliphatic heterocycles. The van der Waals surface area contributed by atoms with Gasteiger partial charge in [-0.25, -0.2) is 0 Å². The highest BCUT2D eigenvalue weighted by molar-refractivity contribution is 6.82. The van der Waals surface area contributed by atoms with Crippen molar-refractivity contribution in [2.45, 2.75) is 19.6 Å². The Kier molecular flexibility index (Phi) is 3.17. The molecular weight excluding hydrogens is 148 g/mol. The normalized spacial score (nSPS) is 23.2. The lowest BCUT2D eigenvalue weighted by Gasteiger charge is -2.26. The van der Waals surface area contributed by atoms with Crippen molar-refractivity contribution in [2.75, 3.05) is 0 Å². The summed E-state index contributed by atoms with van der Waals surface area (Å²) < 4.78 is 0. The summed E-state index contributed by atoms with van der Waals surface area (Å²) in [6, 6.07) is 0. The summed E-state index contributed by atoms with van der Waals surface area (Å²) in [7, 11) is -1.09. The standard InChI is InChI=1S/C10H15Si/c1-11(2,3)10-8-6-4-5-7-9-10/h4-9H,1-3H3. The zero-order valence-electron chi connectivity index (χ0n) is 7.46. The van der Waals surface area contributed by atoms with E-state index in [4.69, 9.17) is 0 Å². The molecule has 0 N–H and O–H groups in total. The van der Waals surface area contributed by atoms with E-state index in [-0.39, 0.29) is 0 Å². The largest absolute Gasteiger partial charge is 0.0691 e. The van der Waals surface area contributed by atoms with E-state index in [9.17, 15) is 0 Å². The first-order valence-electron chi connectivity index (χ1n) is 3.99. The highest BCUT2D eigenvalue weighted by atomic mass is 28.3. The third-order valence-electron chi connectivity index (χ3n) is 1.75. The third kappa shape index (κ3) is 2.98. The number of rotatable bonds is 1. The molecule has 1 heteroatoms. The van der Waals surface area contributed by atoms with Crippen molar-refractivity contribution >= 4 is 8.07 Å². The van der Waals surface area contributed by atoms with Crippen molar-refractivity contribution < 1.29 is 0 Å². The first-order valence-corrected chi connectivity index (χ1v) is 7.49. The van der Waals surface area contributed by atoms with Crippen molar-refractivity contribution in [1.29, 1.82) is 0 Å². The Hall–Kier alpha value is 0.217. The third-order valence-corrected chi connectivity index (χ3v) is 3.82. The molecule has 7 radical (unpaired) electrons. The average molecular weight is 163 g/mol.